The Morgan fingerprint density at radius 2 is 1.97 bits per heavy atom. The molecule has 1 atom stereocenters. The lowest BCUT2D eigenvalue weighted by Gasteiger charge is -2.34. The average molecular weight is 504 g/mol. The zero-order valence-corrected chi connectivity index (χ0v) is 20.5. The van der Waals surface area contributed by atoms with E-state index in [4.69, 9.17) is 15.5 Å². The van der Waals surface area contributed by atoms with Crippen LogP contribution in [0, 0.1) is 11.2 Å². The topological polar surface area (TPSA) is 112 Å². The molecule has 37 heavy (non-hydrogen) atoms. The molecule has 1 unspecified atom stereocenters. The number of aromatic nitrogens is 3. The molecular weight excluding hydrogens is 473 g/mol. The predicted molar refractivity (Wildman–Crippen MR) is 140 cm³/mol. The number of piperazine rings is 1. The maximum absolute atomic E-state index is 13.7. The highest BCUT2D eigenvalue weighted by Gasteiger charge is 2.27. The van der Waals surface area contributed by atoms with E-state index in [-0.39, 0.29) is 18.4 Å². The zero-order chi connectivity index (χ0) is 25.8. The third kappa shape index (κ3) is 5.86. The molecule has 2 aliphatic heterocycles. The molecule has 9 nitrogen and oxygen atoms in total. The third-order valence-corrected chi connectivity index (χ3v) is 6.86. The Balaban J connectivity index is 1.23. The summed E-state index contributed by atoms with van der Waals surface area (Å²) in [6, 6.07) is 12.4. The first kappa shape index (κ1) is 24.6. The molecule has 5 rings (SSSR count). The fraction of sp³-hybridized carbons (Fsp3) is 0.333. The summed E-state index contributed by atoms with van der Waals surface area (Å²) in [5, 5.41) is 17.6. The molecule has 0 saturated carbocycles. The smallest absolute Gasteiger partial charge is 0.317 e. The zero-order valence-electron chi connectivity index (χ0n) is 20.5. The number of hydrogen-bond donors (Lipinski definition) is 3. The Kier molecular flexibility index (Phi) is 7.27. The number of pyridine rings is 1. The SMILES string of the molecule is N=C(/C=C\c1ncc(-c2cccc(N3CCN(CC(=O)O)CC3)n2)[nH]1)N1CCCC1c1cccc(F)c1. The lowest BCUT2D eigenvalue weighted by molar-refractivity contribution is -0.138. The maximum atomic E-state index is 13.7. The predicted octanol–water partition coefficient (Wildman–Crippen LogP) is 3.64. The van der Waals surface area contributed by atoms with E-state index in [2.05, 4.69) is 14.9 Å². The molecule has 0 radical (unpaired) electrons. The minimum atomic E-state index is -0.806. The van der Waals surface area contributed by atoms with Crippen molar-refractivity contribution in [1.29, 1.82) is 5.41 Å². The van der Waals surface area contributed by atoms with Crippen LogP contribution in [-0.2, 0) is 4.79 Å². The van der Waals surface area contributed by atoms with E-state index in [0.29, 0.717) is 24.7 Å². The molecule has 10 heteroatoms. The molecule has 0 bridgehead atoms. The molecule has 2 aliphatic rings. The number of likely N-dealkylation sites (tertiary alicyclic amines) is 1. The van der Waals surface area contributed by atoms with Gasteiger partial charge in [-0.3, -0.25) is 15.1 Å². The molecule has 0 aliphatic carbocycles. The highest BCUT2D eigenvalue weighted by molar-refractivity contribution is 5.94. The number of imidazole rings is 1. The van der Waals surface area contributed by atoms with Crippen LogP contribution < -0.4 is 4.90 Å². The van der Waals surface area contributed by atoms with Crippen LogP contribution in [0.3, 0.4) is 0 Å². The second kappa shape index (κ2) is 10.9. The monoisotopic (exact) mass is 503 g/mol. The number of carboxylic acids is 1. The summed E-state index contributed by atoms with van der Waals surface area (Å²) in [4.78, 5) is 29.5. The fourth-order valence-electron chi connectivity index (χ4n) is 5.00. The van der Waals surface area contributed by atoms with Crippen molar-refractivity contribution in [1.82, 2.24) is 24.8 Å². The van der Waals surface area contributed by atoms with Gasteiger partial charge in [-0.2, -0.15) is 0 Å². The fourth-order valence-corrected chi connectivity index (χ4v) is 5.00. The molecule has 4 heterocycles. The second-order valence-electron chi connectivity index (χ2n) is 9.35. The van der Waals surface area contributed by atoms with Crippen LogP contribution in [0.5, 0.6) is 0 Å². The van der Waals surface area contributed by atoms with E-state index in [9.17, 15) is 9.18 Å². The minimum Gasteiger partial charge on any atom is -0.480 e. The first-order valence-corrected chi connectivity index (χ1v) is 12.5. The third-order valence-electron chi connectivity index (χ3n) is 6.86. The van der Waals surface area contributed by atoms with Crippen molar-refractivity contribution in [3.05, 3.63) is 71.9 Å². The number of aromatic amines is 1. The van der Waals surface area contributed by atoms with Gasteiger partial charge in [-0.15, -0.1) is 0 Å². The van der Waals surface area contributed by atoms with Gasteiger partial charge in [0.25, 0.3) is 0 Å². The number of nitrogens with one attached hydrogen (secondary N) is 2. The summed E-state index contributed by atoms with van der Waals surface area (Å²) in [5.41, 5.74) is 2.43. The van der Waals surface area contributed by atoms with Crippen molar-refractivity contribution < 1.29 is 14.3 Å². The number of H-pyrrole nitrogens is 1. The molecule has 2 saturated heterocycles. The summed E-state index contributed by atoms with van der Waals surface area (Å²) < 4.78 is 13.7. The van der Waals surface area contributed by atoms with Gasteiger partial charge in [0.2, 0.25) is 0 Å². The minimum absolute atomic E-state index is 0.00190. The molecule has 0 spiro atoms. The van der Waals surface area contributed by atoms with E-state index in [1.807, 2.05) is 34.1 Å². The quantitative estimate of drug-likeness (QED) is 0.333. The van der Waals surface area contributed by atoms with Crippen LogP contribution in [0.4, 0.5) is 10.2 Å². The van der Waals surface area contributed by atoms with Gasteiger partial charge in [0.05, 0.1) is 30.2 Å². The number of halogens is 1. The number of carbonyl (C=O) groups is 1. The number of benzene rings is 1. The Labute approximate surface area is 214 Å². The largest absolute Gasteiger partial charge is 0.480 e. The summed E-state index contributed by atoms with van der Waals surface area (Å²) in [6.45, 7) is 3.62. The van der Waals surface area contributed by atoms with Gasteiger partial charge < -0.3 is 19.9 Å². The molecule has 2 aromatic heterocycles. The van der Waals surface area contributed by atoms with Crippen molar-refractivity contribution in [2.24, 2.45) is 0 Å². The van der Waals surface area contributed by atoms with Crippen LogP contribution in [0.1, 0.15) is 30.3 Å². The number of amidine groups is 1. The van der Waals surface area contributed by atoms with Crippen molar-refractivity contribution in [2.75, 3.05) is 44.2 Å². The number of nitrogens with zero attached hydrogens (tertiary/aromatic N) is 5. The first-order valence-electron chi connectivity index (χ1n) is 12.5. The van der Waals surface area contributed by atoms with Crippen molar-refractivity contribution >= 4 is 23.7 Å². The maximum Gasteiger partial charge on any atom is 0.317 e. The van der Waals surface area contributed by atoms with Crippen LogP contribution in [0.25, 0.3) is 17.5 Å². The average Bonchev–Trinajstić information content (AvgIpc) is 3.58. The Hall–Kier alpha value is -4.05. The van der Waals surface area contributed by atoms with Crippen LogP contribution in [0.15, 0.2) is 54.7 Å². The highest BCUT2D eigenvalue weighted by atomic mass is 19.1. The molecule has 192 valence electrons. The Morgan fingerprint density at radius 3 is 2.76 bits per heavy atom. The lowest BCUT2D eigenvalue weighted by Crippen LogP contribution is -2.48. The number of anilines is 1. The van der Waals surface area contributed by atoms with Gasteiger partial charge >= 0.3 is 5.97 Å². The van der Waals surface area contributed by atoms with Gasteiger partial charge in [-0.25, -0.2) is 14.4 Å². The Bertz CT molecular complexity index is 1300. The van der Waals surface area contributed by atoms with Gasteiger partial charge in [-0.05, 0) is 54.8 Å². The second-order valence-corrected chi connectivity index (χ2v) is 9.35. The van der Waals surface area contributed by atoms with Gasteiger partial charge in [0, 0.05) is 32.7 Å². The molecular formula is C27H30FN7O2. The number of hydrogen-bond acceptors (Lipinski definition) is 6. The van der Waals surface area contributed by atoms with Crippen molar-refractivity contribution in [3.8, 4) is 11.4 Å². The van der Waals surface area contributed by atoms with Gasteiger partial charge in [0.1, 0.15) is 23.3 Å². The number of carboxylic acid groups (broad SMARTS) is 1. The summed E-state index contributed by atoms with van der Waals surface area (Å²) in [7, 11) is 0. The lowest BCUT2D eigenvalue weighted by atomic mass is 10.0. The first-order chi connectivity index (χ1) is 18.0. The molecule has 0 amide bonds. The van der Waals surface area contributed by atoms with Crippen molar-refractivity contribution in [2.45, 2.75) is 18.9 Å². The van der Waals surface area contributed by atoms with E-state index in [1.54, 1.807) is 30.5 Å². The van der Waals surface area contributed by atoms with E-state index in [1.165, 1.54) is 6.07 Å². The molecule has 1 aromatic carbocycles. The summed E-state index contributed by atoms with van der Waals surface area (Å²) in [5.74, 6) is 0.772. The Morgan fingerprint density at radius 1 is 1.16 bits per heavy atom. The van der Waals surface area contributed by atoms with Crippen LogP contribution >= 0.6 is 0 Å². The van der Waals surface area contributed by atoms with E-state index >= 15 is 0 Å². The number of rotatable bonds is 7. The highest BCUT2D eigenvalue weighted by Crippen LogP contribution is 2.32. The normalized spacial score (nSPS) is 18.6. The van der Waals surface area contributed by atoms with Gasteiger partial charge in [-0.1, -0.05) is 18.2 Å². The van der Waals surface area contributed by atoms with E-state index < -0.39 is 5.97 Å². The standard InChI is InChI=1S/C27H30FN7O2/c28-20-5-1-4-19(16-20)23-7-3-11-35(23)24(29)9-10-25-30-17-22(31-25)21-6-2-8-26(32-21)34-14-12-33(13-15-34)18-27(36)37/h1-2,4-6,8-10,16-17,23,29H,3,7,11-15,18H2,(H,30,31)(H,36,37)/b10-9-,29-24?. The molecule has 3 N–H and O–H groups in total. The molecule has 2 fully saturated rings. The molecule has 3 aromatic rings. The number of aliphatic carboxylic acids is 1. The van der Waals surface area contributed by atoms with Gasteiger partial charge in [0.15, 0.2) is 0 Å². The van der Waals surface area contributed by atoms with Crippen LogP contribution in [0.2, 0.25) is 0 Å². The van der Waals surface area contributed by atoms with Crippen molar-refractivity contribution in [3.63, 3.8) is 0 Å². The van der Waals surface area contributed by atoms with Crippen LogP contribution in [-0.4, -0.2) is 80.9 Å². The van der Waals surface area contributed by atoms with E-state index in [0.717, 1.165) is 55.2 Å². The summed E-state index contributed by atoms with van der Waals surface area (Å²) in [6.07, 6.45) is 7.07. The summed E-state index contributed by atoms with van der Waals surface area (Å²) >= 11 is 0.